The zero-order valence-corrected chi connectivity index (χ0v) is 13.5. The molecule has 0 fully saturated rings. The molecule has 3 rings (SSSR count). The summed E-state index contributed by atoms with van der Waals surface area (Å²) >= 11 is 0. The summed E-state index contributed by atoms with van der Waals surface area (Å²) in [4.78, 5) is 4.88. The molecular weight excluding hydrogens is 270 g/mol. The van der Waals surface area contributed by atoms with Crippen LogP contribution in [0.25, 0.3) is 11.0 Å². The molecule has 1 heterocycles. The lowest BCUT2D eigenvalue weighted by Crippen LogP contribution is -2.02. The van der Waals surface area contributed by atoms with Crippen molar-refractivity contribution < 1.29 is 0 Å². The molecule has 22 heavy (non-hydrogen) atoms. The van der Waals surface area contributed by atoms with Crippen LogP contribution >= 0.6 is 0 Å². The Hall–Kier alpha value is -2.29. The summed E-state index contributed by atoms with van der Waals surface area (Å²) in [6.45, 7) is 7.53. The second kappa shape index (κ2) is 5.84. The molecule has 0 saturated heterocycles. The van der Waals surface area contributed by atoms with Gasteiger partial charge in [0.05, 0.1) is 11.0 Å². The van der Waals surface area contributed by atoms with E-state index >= 15 is 0 Å². The highest BCUT2D eigenvalue weighted by atomic mass is 15.1. The minimum atomic E-state index is 0.525. The topological polar surface area (TPSA) is 43.8 Å². The molecule has 0 atom stereocenters. The van der Waals surface area contributed by atoms with Crippen molar-refractivity contribution >= 4 is 16.7 Å². The molecule has 0 amide bonds. The highest BCUT2D eigenvalue weighted by Crippen LogP contribution is 2.23. The number of nitrogens with zero attached hydrogens (tertiary/aromatic N) is 2. The molecule has 1 aromatic heterocycles. The SMILES string of the molecule is CCn1c(Cc2ccc(N)cc2)nc2cc(C(C)C)ccc21. The Morgan fingerprint density at radius 2 is 1.82 bits per heavy atom. The molecule has 0 saturated carbocycles. The van der Waals surface area contributed by atoms with E-state index < -0.39 is 0 Å². The Morgan fingerprint density at radius 1 is 1.09 bits per heavy atom. The van der Waals surface area contributed by atoms with Gasteiger partial charge in [-0.2, -0.15) is 0 Å². The number of aryl methyl sites for hydroxylation is 1. The molecular formula is C19H23N3. The number of hydrogen-bond acceptors (Lipinski definition) is 2. The van der Waals surface area contributed by atoms with Gasteiger partial charge in [-0.1, -0.05) is 32.0 Å². The van der Waals surface area contributed by atoms with Crippen LogP contribution in [0, 0.1) is 0 Å². The van der Waals surface area contributed by atoms with E-state index in [2.05, 4.69) is 55.7 Å². The van der Waals surface area contributed by atoms with E-state index in [0.717, 1.165) is 30.0 Å². The van der Waals surface area contributed by atoms with Crippen molar-refractivity contribution in [2.24, 2.45) is 0 Å². The van der Waals surface area contributed by atoms with Gasteiger partial charge in [-0.15, -0.1) is 0 Å². The van der Waals surface area contributed by atoms with Gasteiger partial charge in [0.15, 0.2) is 0 Å². The Kier molecular flexibility index (Phi) is 3.88. The van der Waals surface area contributed by atoms with E-state index in [1.165, 1.54) is 16.6 Å². The van der Waals surface area contributed by atoms with Crippen LogP contribution in [0.15, 0.2) is 42.5 Å². The van der Waals surface area contributed by atoms with Crippen molar-refractivity contribution in [2.75, 3.05) is 5.73 Å². The van der Waals surface area contributed by atoms with Gasteiger partial charge in [0.1, 0.15) is 5.82 Å². The number of aromatic nitrogens is 2. The summed E-state index contributed by atoms with van der Waals surface area (Å²) in [6, 6.07) is 14.7. The second-order valence-electron chi connectivity index (χ2n) is 6.09. The van der Waals surface area contributed by atoms with Gasteiger partial charge in [-0.3, -0.25) is 0 Å². The predicted molar refractivity (Wildman–Crippen MR) is 93.2 cm³/mol. The average molecular weight is 293 g/mol. The number of anilines is 1. The molecule has 0 bridgehead atoms. The minimum absolute atomic E-state index is 0.525. The maximum absolute atomic E-state index is 5.76. The normalized spacial score (nSPS) is 11.5. The molecule has 0 unspecified atom stereocenters. The highest BCUT2D eigenvalue weighted by molar-refractivity contribution is 5.77. The number of imidazole rings is 1. The zero-order chi connectivity index (χ0) is 15.7. The van der Waals surface area contributed by atoms with Crippen LogP contribution in [-0.2, 0) is 13.0 Å². The van der Waals surface area contributed by atoms with Gasteiger partial charge in [-0.05, 0) is 48.2 Å². The van der Waals surface area contributed by atoms with Crippen LogP contribution in [0.1, 0.15) is 43.6 Å². The Balaban J connectivity index is 2.03. The Morgan fingerprint density at radius 3 is 2.45 bits per heavy atom. The van der Waals surface area contributed by atoms with E-state index in [1.807, 2.05) is 12.1 Å². The smallest absolute Gasteiger partial charge is 0.114 e. The van der Waals surface area contributed by atoms with Gasteiger partial charge >= 0.3 is 0 Å². The first kappa shape index (κ1) is 14.6. The summed E-state index contributed by atoms with van der Waals surface area (Å²) < 4.78 is 2.30. The number of nitrogens with two attached hydrogens (primary N) is 1. The molecule has 3 heteroatoms. The van der Waals surface area contributed by atoms with Crippen LogP contribution in [-0.4, -0.2) is 9.55 Å². The van der Waals surface area contributed by atoms with Crippen molar-refractivity contribution in [1.82, 2.24) is 9.55 Å². The third-order valence-electron chi connectivity index (χ3n) is 4.18. The van der Waals surface area contributed by atoms with Crippen LogP contribution < -0.4 is 5.73 Å². The number of benzene rings is 2. The number of rotatable bonds is 4. The second-order valence-corrected chi connectivity index (χ2v) is 6.09. The lowest BCUT2D eigenvalue weighted by atomic mass is 10.0. The van der Waals surface area contributed by atoms with Crippen molar-refractivity contribution in [3.8, 4) is 0 Å². The van der Waals surface area contributed by atoms with Gasteiger partial charge in [0.25, 0.3) is 0 Å². The van der Waals surface area contributed by atoms with Crippen LogP contribution in [0.3, 0.4) is 0 Å². The lowest BCUT2D eigenvalue weighted by Gasteiger charge is -2.07. The van der Waals surface area contributed by atoms with E-state index in [9.17, 15) is 0 Å². The van der Waals surface area contributed by atoms with Gasteiger partial charge in [0.2, 0.25) is 0 Å². The molecule has 3 nitrogen and oxygen atoms in total. The fraction of sp³-hybridized carbons (Fsp3) is 0.316. The largest absolute Gasteiger partial charge is 0.399 e. The number of fused-ring (bicyclic) bond motifs is 1. The fourth-order valence-electron chi connectivity index (χ4n) is 2.86. The summed E-state index contributed by atoms with van der Waals surface area (Å²) in [5, 5.41) is 0. The average Bonchev–Trinajstić information content (AvgIpc) is 2.85. The number of nitrogen functional groups attached to an aromatic ring is 1. The van der Waals surface area contributed by atoms with Crippen LogP contribution in [0.2, 0.25) is 0 Å². The minimum Gasteiger partial charge on any atom is -0.399 e. The monoisotopic (exact) mass is 293 g/mol. The van der Waals surface area contributed by atoms with E-state index in [0.29, 0.717) is 5.92 Å². The maximum Gasteiger partial charge on any atom is 0.114 e. The third-order valence-corrected chi connectivity index (χ3v) is 4.18. The Bertz CT molecular complexity index is 782. The standard InChI is InChI=1S/C19H23N3/c1-4-22-18-10-7-15(13(2)3)12-17(18)21-19(22)11-14-5-8-16(20)9-6-14/h5-10,12-13H,4,11,20H2,1-3H3. The molecule has 0 radical (unpaired) electrons. The van der Waals surface area contributed by atoms with Crippen molar-refractivity contribution in [3.63, 3.8) is 0 Å². The summed E-state index contributed by atoms with van der Waals surface area (Å²) in [6.07, 6.45) is 0.833. The first-order valence-electron chi connectivity index (χ1n) is 7.92. The van der Waals surface area contributed by atoms with Gasteiger partial charge < -0.3 is 10.3 Å². The third kappa shape index (κ3) is 2.71. The maximum atomic E-state index is 5.76. The molecule has 2 N–H and O–H groups in total. The number of hydrogen-bond donors (Lipinski definition) is 1. The van der Waals surface area contributed by atoms with Gasteiger partial charge in [-0.25, -0.2) is 4.98 Å². The first-order valence-corrected chi connectivity index (χ1v) is 7.92. The van der Waals surface area contributed by atoms with E-state index in [4.69, 9.17) is 10.7 Å². The van der Waals surface area contributed by atoms with Crippen LogP contribution in [0.4, 0.5) is 5.69 Å². The highest BCUT2D eigenvalue weighted by Gasteiger charge is 2.11. The fourth-order valence-corrected chi connectivity index (χ4v) is 2.86. The molecule has 0 aliphatic carbocycles. The summed E-state index contributed by atoms with van der Waals surface area (Å²) in [5.41, 5.74) is 11.5. The Labute approximate surface area is 131 Å². The molecule has 2 aromatic carbocycles. The van der Waals surface area contributed by atoms with Crippen molar-refractivity contribution in [1.29, 1.82) is 0 Å². The first-order chi connectivity index (χ1) is 10.6. The molecule has 0 aliphatic heterocycles. The molecule has 3 aromatic rings. The van der Waals surface area contributed by atoms with Gasteiger partial charge in [0, 0.05) is 18.7 Å². The van der Waals surface area contributed by atoms with E-state index in [1.54, 1.807) is 0 Å². The summed E-state index contributed by atoms with van der Waals surface area (Å²) in [5.74, 6) is 1.64. The zero-order valence-electron chi connectivity index (χ0n) is 13.5. The van der Waals surface area contributed by atoms with Crippen molar-refractivity contribution in [2.45, 2.75) is 39.7 Å². The van der Waals surface area contributed by atoms with E-state index in [-0.39, 0.29) is 0 Å². The predicted octanol–water partition coefficient (Wildman–Crippen LogP) is 4.35. The molecule has 0 aliphatic rings. The van der Waals surface area contributed by atoms with Crippen LogP contribution in [0.5, 0.6) is 0 Å². The quantitative estimate of drug-likeness (QED) is 0.727. The summed E-state index contributed by atoms with van der Waals surface area (Å²) in [7, 11) is 0. The molecule has 114 valence electrons. The lowest BCUT2D eigenvalue weighted by molar-refractivity contribution is 0.733. The molecule has 0 spiro atoms. The van der Waals surface area contributed by atoms with Crippen molar-refractivity contribution in [3.05, 3.63) is 59.4 Å².